The van der Waals surface area contributed by atoms with Crippen LogP contribution in [-0.2, 0) is 11.2 Å². The Morgan fingerprint density at radius 3 is 2.95 bits per heavy atom. The highest BCUT2D eigenvalue weighted by molar-refractivity contribution is 5.75. The van der Waals surface area contributed by atoms with Crippen molar-refractivity contribution in [3.63, 3.8) is 0 Å². The number of carbonyl (C=O) groups excluding carboxylic acids is 1. The van der Waals surface area contributed by atoms with Crippen LogP contribution < -0.4 is 10.1 Å². The van der Waals surface area contributed by atoms with Gasteiger partial charge < -0.3 is 14.6 Å². The van der Waals surface area contributed by atoms with Gasteiger partial charge in [0.1, 0.15) is 5.75 Å². The molecule has 2 aromatic rings. The summed E-state index contributed by atoms with van der Waals surface area (Å²) in [5.41, 5.74) is 0.792. The molecule has 6 heteroatoms. The number of ether oxygens (including phenoxy) is 1. The normalized spacial score (nSPS) is 10.5. The molecule has 1 amide bonds. The fourth-order valence-electron chi connectivity index (χ4n) is 2.05. The third-order valence-corrected chi connectivity index (χ3v) is 3.18. The van der Waals surface area contributed by atoms with E-state index in [4.69, 9.17) is 9.26 Å². The van der Waals surface area contributed by atoms with Gasteiger partial charge in [-0.15, -0.1) is 0 Å². The SMILES string of the molecule is CCCNC(=O)CCCc1nc(-c2ccccc2OC)no1. The van der Waals surface area contributed by atoms with Gasteiger partial charge in [0.2, 0.25) is 17.6 Å². The Morgan fingerprint density at radius 1 is 1.36 bits per heavy atom. The fourth-order valence-corrected chi connectivity index (χ4v) is 2.05. The third-order valence-electron chi connectivity index (χ3n) is 3.18. The van der Waals surface area contributed by atoms with Gasteiger partial charge in [0, 0.05) is 19.4 Å². The molecule has 1 aromatic carbocycles. The summed E-state index contributed by atoms with van der Waals surface area (Å²) in [4.78, 5) is 15.9. The van der Waals surface area contributed by atoms with Crippen molar-refractivity contribution >= 4 is 5.91 Å². The predicted octanol–water partition coefficient (Wildman–Crippen LogP) is 2.59. The van der Waals surface area contributed by atoms with Crippen molar-refractivity contribution in [2.45, 2.75) is 32.6 Å². The largest absolute Gasteiger partial charge is 0.496 e. The Balaban J connectivity index is 1.90. The average Bonchev–Trinajstić information content (AvgIpc) is 3.01. The van der Waals surface area contributed by atoms with Gasteiger partial charge in [-0.1, -0.05) is 24.2 Å². The van der Waals surface area contributed by atoms with Crippen LogP contribution in [0.5, 0.6) is 5.75 Å². The summed E-state index contributed by atoms with van der Waals surface area (Å²) in [6, 6.07) is 7.51. The summed E-state index contributed by atoms with van der Waals surface area (Å²) < 4.78 is 10.5. The van der Waals surface area contributed by atoms with Gasteiger partial charge in [0.15, 0.2) is 0 Å². The van der Waals surface area contributed by atoms with Crippen LogP contribution in [0, 0.1) is 0 Å². The molecule has 0 aliphatic carbocycles. The van der Waals surface area contributed by atoms with Crippen LogP contribution in [0.25, 0.3) is 11.4 Å². The van der Waals surface area contributed by atoms with Crippen molar-refractivity contribution in [1.82, 2.24) is 15.5 Å². The Kier molecular flexibility index (Phi) is 5.94. The minimum absolute atomic E-state index is 0.0614. The Labute approximate surface area is 129 Å². The molecule has 22 heavy (non-hydrogen) atoms. The minimum atomic E-state index is 0.0614. The van der Waals surface area contributed by atoms with E-state index in [0.717, 1.165) is 18.5 Å². The molecule has 2 rings (SSSR count). The van der Waals surface area contributed by atoms with E-state index in [9.17, 15) is 4.79 Å². The topological polar surface area (TPSA) is 77.2 Å². The molecule has 0 saturated heterocycles. The van der Waals surface area contributed by atoms with Gasteiger partial charge >= 0.3 is 0 Å². The lowest BCUT2D eigenvalue weighted by Gasteiger charge is -2.03. The van der Waals surface area contributed by atoms with E-state index in [1.807, 2.05) is 31.2 Å². The van der Waals surface area contributed by atoms with Gasteiger partial charge in [-0.3, -0.25) is 4.79 Å². The maximum Gasteiger partial charge on any atom is 0.226 e. The number of nitrogens with one attached hydrogen (secondary N) is 1. The highest BCUT2D eigenvalue weighted by atomic mass is 16.5. The smallest absolute Gasteiger partial charge is 0.226 e. The monoisotopic (exact) mass is 303 g/mol. The molecule has 0 spiro atoms. The predicted molar refractivity (Wildman–Crippen MR) is 82.5 cm³/mol. The van der Waals surface area contributed by atoms with Gasteiger partial charge in [0.25, 0.3) is 0 Å². The average molecular weight is 303 g/mol. The minimum Gasteiger partial charge on any atom is -0.496 e. The molecule has 0 fully saturated rings. The summed E-state index contributed by atoms with van der Waals surface area (Å²) in [6.45, 7) is 2.75. The number of benzene rings is 1. The lowest BCUT2D eigenvalue weighted by atomic mass is 10.2. The second kappa shape index (κ2) is 8.17. The summed E-state index contributed by atoms with van der Waals surface area (Å²) >= 11 is 0. The number of aromatic nitrogens is 2. The summed E-state index contributed by atoms with van der Waals surface area (Å²) in [5, 5.41) is 6.82. The molecule has 0 saturated carbocycles. The quantitative estimate of drug-likeness (QED) is 0.811. The van der Waals surface area contributed by atoms with Crippen LogP contribution in [0.1, 0.15) is 32.1 Å². The molecule has 0 aliphatic rings. The number of hydrogen-bond acceptors (Lipinski definition) is 5. The van der Waals surface area contributed by atoms with Gasteiger partial charge in [-0.25, -0.2) is 0 Å². The third kappa shape index (κ3) is 4.31. The van der Waals surface area contributed by atoms with Crippen molar-refractivity contribution in [3.05, 3.63) is 30.2 Å². The van der Waals surface area contributed by atoms with E-state index in [1.165, 1.54) is 0 Å². The lowest BCUT2D eigenvalue weighted by Crippen LogP contribution is -2.23. The molecule has 1 heterocycles. The molecule has 6 nitrogen and oxygen atoms in total. The number of para-hydroxylation sites is 1. The number of amides is 1. The lowest BCUT2D eigenvalue weighted by molar-refractivity contribution is -0.121. The standard InChI is InChI=1S/C16H21N3O3/c1-3-11-17-14(20)9-6-10-15-18-16(19-22-15)12-7-4-5-8-13(12)21-2/h4-5,7-8H,3,6,9-11H2,1-2H3,(H,17,20). The highest BCUT2D eigenvalue weighted by Gasteiger charge is 2.13. The maximum atomic E-state index is 11.5. The molecule has 0 aliphatic heterocycles. The van der Waals surface area contributed by atoms with E-state index in [2.05, 4.69) is 15.5 Å². The Bertz CT molecular complexity index is 610. The molecular weight excluding hydrogens is 282 g/mol. The first-order valence-electron chi connectivity index (χ1n) is 7.47. The molecule has 0 unspecified atom stereocenters. The molecule has 0 atom stereocenters. The zero-order valence-corrected chi connectivity index (χ0v) is 13.0. The van der Waals surface area contributed by atoms with E-state index >= 15 is 0 Å². The van der Waals surface area contributed by atoms with Crippen LogP contribution in [0.15, 0.2) is 28.8 Å². The first-order chi connectivity index (χ1) is 10.7. The summed E-state index contributed by atoms with van der Waals surface area (Å²) in [6.07, 6.45) is 2.68. The van der Waals surface area contributed by atoms with Crippen molar-refractivity contribution < 1.29 is 14.1 Å². The van der Waals surface area contributed by atoms with E-state index in [1.54, 1.807) is 7.11 Å². The molecule has 118 valence electrons. The van der Waals surface area contributed by atoms with Crippen LogP contribution in [-0.4, -0.2) is 29.7 Å². The number of aryl methyl sites for hydroxylation is 1. The van der Waals surface area contributed by atoms with Crippen LogP contribution in [0.3, 0.4) is 0 Å². The van der Waals surface area contributed by atoms with Crippen LogP contribution >= 0.6 is 0 Å². The number of hydrogen-bond donors (Lipinski definition) is 1. The van der Waals surface area contributed by atoms with E-state index < -0.39 is 0 Å². The second-order valence-corrected chi connectivity index (χ2v) is 4.92. The van der Waals surface area contributed by atoms with Crippen molar-refractivity contribution in [2.24, 2.45) is 0 Å². The van der Waals surface area contributed by atoms with Crippen molar-refractivity contribution in [3.8, 4) is 17.1 Å². The molecule has 1 N–H and O–H groups in total. The van der Waals surface area contributed by atoms with Gasteiger partial charge in [-0.2, -0.15) is 4.98 Å². The van der Waals surface area contributed by atoms with Crippen LogP contribution in [0.2, 0.25) is 0 Å². The molecule has 0 bridgehead atoms. The number of nitrogens with zero attached hydrogens (tertiary/aromatic N) is 2. The molecule has 1 aromatic heterocycles. The van der Waals surface area contributed by atoms with Gasteiger partial charge in [0.05, 0.1) is 12.7 Å². The number of methoxy groups -OCH3 is 1. The second-order valence-electron chi connectivity index (χ2n) is 4.92. The first-order valence-corrected chi connectivity index (χ1v) is 7.47. The number of rotatable bonds is 8. The van der Waals surface area contributed by atoms with E-state index in [0.29, 0.717) is 36.7 Å². The highest BCUT2D eigenvalue weighted by Crippen LogP contribution is 2.27. The maximum absolute atomic E-state index is 11.5. The molecule has 0 radical (unpaired) electrons. The van der Waals surface area contributed by atoms with Crippen molar-refractivity contribution in [2.75, 3.05) is 13.7 Å². The van der Waals surface area contributed by atoms with Crippen LogP contribution in [0.4, 0.5) is 0 Å². The summed E-state index contributed by atoms with van der Waals surface area (Å²) in [5.74, 6) is 1.80. The summed E-state index contributed by atoms with van der Waals surface area (Å²) in [7, 11) is 1.61. The van der Waals surface area contributed by atoms with Gasteiger partial charge in [-0.05, 0) is 25.0 Å². The number of carbonyl (C=O) groups is 1. The zero-order chi connectivity index (χ0) is 15.8. The first kappa shape index (κ1) is 16.0. The van der Waals surface area contributed by atoms with E-state index in [-0.39, 0.29) is 5.91 Å². The fraction of sp³-hybridized carbons (Fsp3) is 0.438. The Hall–Kier alpha value is -2.37. The van der Waals surface area contributed by atoms with Crippen molar-refractivity contribution in [1.29, 1.82) is 0 Å². The Morgan fingerprint density at radius 2 is 2.18 bits per heavy atom. The molecular formula is C16H21N3O3. The zero-order valence-electron chi connectivity index (χ0n) is 13.0.